The van der Waals surface area contributed by atoms with Crippen LogP contribution in [0.15, 0.2) is 0 Å². The molecule has 0 aromatic rings. The molecule has 7 heteroatoms. The first-order valence-corrected chi connectivity index (χ1v) is 7.93. The summed E-state index contributed by atoms with van der Waals surface area (Å²) in [6, 6.07) is 0. The van der Waals surface area contributed by atoms with Gasteiger partial charge in [-0.1, -0.05) is 6.92 Å². The van der Waals surface area contributed by atoms with Crippen LogP contribution in [0.5, 0.6) is 0 Å². The van der Waals surface area contributed by atoms with Crippen LogP contribution in [-0.4, -0.2) is 49.4 Å². The number of hydrogen-bond donors (Lipinski definition) is 1. The van der Waals surface area contributed by atoms with E-state index in [4.69, 9.17) is 11.6 Å². The van der Waals surface area contributed by atoms with Gasteiger partial charge in [-0.2, -0.15) is 4.31 Å². The highest BCUT2D eigenvalue weighted by Gasteiger charge is 2.24. The van der Waals surface area contributed by atoms with Gasteiger partial charge in [-0.3, -0.25) is 4.79 Å². The smallest absolute Gasteiger partial charge is 0.235 e. The van der Waals surface area contributed by atoms with Crippen molar-refractivity contribution in [2.75, 3.05) is 25.2 Å². The summed E-state index contributed by atoms with van der Waals surface area (Å²) in [7, 11) is -2.03. The maximum absolute atomic E-state index is 11.9. The van der Waals surface area contributed by atoms with E-state index in [1.54, 1.807) is 6.92 Å². The van der Waals surface area contributed by atoms with Gasteiger partial charge >= 0.3 is 0 Å². The molecule has 0 aromatic heterocycles. The topological polar surface area (TPSA) is 66.5 Å². The highest BCUT2D eigenvalue weighted by molar-refractivity contribution is 7.89. The molecule has 0 spiro atoms. The van der Waals surface area contributed by atoms with Crippen LogP contribution in [0, 0.1) is 5.92 Å². The summed E-state index contributed by atoms with van der Waals surface area (Å²) in [6.45, 7) is 7.11. The normalized spacial score (nSPS) is 14.6. The quantitative estimate of drug-likeness (QED) is 0.745. The lowest BCUT2D eigenvalue weighted by molar-refractivity contribution is -0.122. The van der Waals surface area contributed by atoms with Gasteiger partial charge in [-0.25, -0.2) is 8.42 Å². The lowest BCUT2D eigenvalue weighted by atomic mass is 10.1. The summed E-state index contributed by atoms with van der Waals surface area (Å²) in [4.78, 5) is 11.6. The highest BCUT2D eigenvalue weighted by Crippen LogP contribution is 2.07. The van der Waals surface area contributed by atoms with Gasteiger partial charge in [0.15, 0.2) is 0 Å². The van der Waals surface area contributed by atoms with Crippen LogP contribution in [-0.2, 0) is 14.8 Å². The summed E-state index contributed by atoms with van der Waals surface area (Å²) in [6.07, 6.45) is 0. The predicted octanol–water partition coefficient (Wildman–Crippen LogP) is 1.04. The Bertz CT molecular complexity index is 376. The van der Waals surface area contributed by atoms with Crippen molar-refractivity contribution in [2.45, 2.75) is 33.2 Å². The molecular formula is C11H23ClN2O3S. The van der Waals surface area contributed by atoms with Gasteiger partial charge in [0.2, 0.25) is 15.9 Å². The molecule has 0 radical (unpaired) electrons. The Balaban J connectivity index is 4.48. The third kappa shape index (κ3) is 7.18. The molecule has 0 saturated heterocycles. The number of alkyl halides is 1. The second kappa shape index (κ2) is 6.73. The van der Waals surface area contributed by atoms with Crippen molar-refractivity contribution in [1.82, 2.24) is 9.62 Å². The number of halogens is 1. The molecular weight excluding hydrogens is 276 g/mol. The van der Waals surface area contributed by atoms with Gasteiger partial charge in [0.05, 0.1) is 12.3 Å². The molecule has 0 aromatic carbocycles. The number of likely N-dealkylation sites (N-methyl/N-ethyl adjacent to an activating group) is 1. The first-order chi connectivity index (χ1) is 7.98. The highest BCUT2D eigenvalue weighted by atomic mass is 35.5. The van der Waals surface area contributed by atoms with Crippen LogP contribution >= 0.6 is 11.6 Å². The van der Waals surface area contributed by atoms with E-state index in [9.17, 15) is 13.2 Å². The number of sulfonamides is 1. The summed E-state index contributed by atoms with van der Waals surface area (Å²) < 4.78 is 24.8. The summed E-state index contributed by atoms with van der Waals surface area (Å²) in [5.74, 6) is -0.214. The Morgan fingerprint density at radius 2 is 1.89 bits per heavy atom. The standard InChI is InChI=1S/C11H23ClN2O3S/c1-9(6-12)8-18(16,17)14(5)7-10(15)13-11(2,3)4/h9H,6-8H2,1-5H3,(H,13,15). The fraction of sp³-hybridized carbons (Fsp3) is 0.909. The van der Waals surface area contributed by atoms with Crippen LogP contribution in [0.3, 0.4) is 0 Å². The number of nitrogens with zero attached hydrogens (tertiary/aromatic N) is 1. The van der Waals surface area contributed by atoms with E-state index in [1.807, 2.05) is 20.8 Å². The van der Waals surface area contributed by atoms with Gasteiger partial charge in [-0.05, 0) is 26.7 Å². The third-order valence-electron chi connectivity index (χ3n) is 2.11. The molecule has 5 nitrogen and oxygen atoms in total. The van der Waals surface area contributed by atoms with Gasteiger partial charge < -0.3 is 5.32 Å². The molecule has 18 heavy (non-hydrogen) atoms. The Labute approximate surface area is 115 Å². The molecule has 0 aliphatic rings. The Morgan fingerprint density at radius 3 is 2.28 bits per heavy atom. The molecule has 0 aliphatic heterocycles. The van der Waals surface area contributed by atoms with Crippen molar-refractivity contribution in [3.8, 4) is 0 Å². The van der Waals surface area contributed by atoms with Crippen molar-refractivity contribution in [3.05, 3.63) is 0 Å². The summed E-state index contributed by atoms with van der Waals surface area (Å²) >= 11 is 5.59. The molecule has 0 saturated carbocycles. The van der Waals surface area contributed by atoms with E-state index in [2.05, 4.69) is 5.32 Å². The predicted molar refractivity (Wildman–Crippen MR) is 74.2 cm³/mol. The molecule has 0 bridgehead atoms. The molecule has 0 rings (SSSR count). The summed E-state index contributed by atoms with van der Waals surface area (Å²) in [5.41, 5.74) is -0.370. The fourth-order valence-electron chi connectivity index (χ4n) is 1.29. The third-order valence-corrected chi connectivity index (χ3v) is 4.71. The minimum absolute atomic E-state index is 0.0458. The number of carbonyl (C=O) groups excluding carboxylic acids is 1. The van der Waals surface area contributed by atoms with Crippen molar-refractivity contribution in [3.63, 3.8) is 0 Å². The van der Waals surface area contributed by atoms with E-state index in [0.29, 0.717) is 0 Å². The Kier molecular flexibility index (Phi) is 6.60. The van der Waals surface area contributed by atoms with E-state index in [-0.39, 0.29) is 35.5 Å². The summed E-state index contributed by atoms with van der Waals surface area (Å²) in [5, 5.41) is 2.72. The lowest BCUT2D eigenvalue weighted by Gasteiger charge is -2.23. The lowest BCUT2D eigenvalue weighted by Crippen LogP contribution is -2.46. The Morgan fingerprint density at radius 1 is 1.39 bits per heavy atom. The van der Waals surface area contributed by atoms with E-state index >= 15 is 0 Å². The SMILES string of the molecule is CC(CCl)CS(=O)(=O)N(C)CC(=O)NC(C)(C)C. The van der Waals surface area contributed by atoms with Gasteiger partial charge in [-0.15, -0.1) is 11.6 Å². The molecule has 1 atom stereocenters. The molecule has 1 unspecified atom stereocenters. The second-order valence-corrected chi connectivity index (χ2v) is 8.02. The number of amides is 1. The van der Waals surface area contributed by atoms with E-state index in [1.165, 1.54) is 7.05 Å². The zero-order valence-corrected chi connectivity index (χ0v) is 13.2. The Hall–Kier alpha value is -0.330. The largest absolute Gasteiger partial charge is 0.350 e. The minimum Gasteiger partial charge on any atom is -0.350 e. The minimum atomic E-state index is -3.43. The maximum Gasteiger partial charge on any atom is 0.235 e. The number of nitrogens with one attached hydrogen (secondary N) is 1. The van der Waals surface area contributed by atoms with Gasteiger partial charge in [0.25, 0.3) is 0 Å². The van der Waals surface area contributed by atoms with Gasteiger partial charge in [0.1, 0.15) is 0 Å². The number of rotatable bonds is 6. The van der Waals surface area contributed by atoms with Crippen LogP contribution in [0.25, 0.3) is 0 Å². The molecule has 0 heterocycles. The average molecular weight is 299 g/mol. The van der Waals surface area contributed by atoms with Gasteiger partial charge in [0, 0.05) is 18.5 Å². The fourth-order valence-corrected chi connectivity index (χ4v) is 2.93. The van der Waals surface area contributed by atoms with Crippen molar-refractivity contribution in [2.24, 2.45) is 5.92 Å². The van der Waals surface area contributed by atoms with Crippen LogP contribution in [0.2, 0.25) is 0 Å². The zero-order chi connectivity index (χ0) is 14.6. The molecule has 0 aliphatic carbocycles. The van der Waals surface area contributed by atoms with E-state index in [0.717, 1.165) is 4.31 Å². The van der Waals surface area contributed by atoms with Crippen molar-refractivity contribution < 1.29 is 13.2 Å². The van der Waals surface area contributed by atoms with Crippen LogP contribution < -0.4 is 5.32 Å². The second-order valence-electron chi connectivity index (χ2n) is 5.59. The molecule has 1 amide bonds. The average Bonchev–Trinajstić information content (AvgIpc) is 2.13. The molecule has 1 N–H and O–H groups in total. The first-order valence-electron chi connectivity index (χ1n) is 5.79. The number of carbonyl (C=O) groups is 1. The monoisotopic (exact) mass is 298 g/mol. The molecule has 108 valence electrons. The first kappa shape index (κ1) is 17.7. The van der Waals surface area contributed by atoms with Crippen LogP contribution in [0.1, 0.15) is 27.7 Å². The van der Waals surface area contributed by atoms with Crippen molar-refractivity contribution in [1.29, 1.82) is 0 Å². The maximum atomic E-state index is 11.9. The van der Waals surface area contributed by atoms with Crippen LogP contribution in [0.4, 0.5) is 0 Å². The van der Waals surface area contributed by atoms with E-state index < -0.39 is 10.0 Å². The number of hydrogen-bond acceptors (Lipinski definition) is 3. The molecule has 0 fully saturated rings. The zero-order valence-electron chi connectivity index (χ0n) is 11.7. The van der Waals surface area contributed by atoms with Crippen molar-refractivity contribution >= 4 is 27.5 Å².